The number of hydrogen-bond acceptors (Lipinski definition) is 4. The van der Waals surface area contributed by atoms with E-state index >= 15 is 0 Å². The third-order valence-corrected chi connectivity index (χ3v) is 4.32. The minimum Gasteiger partial charge on any atom is -0.313 e. The normalized spacial score (nSPS) is 10.6. The smallest absolute Gasteiger partial charge is 0.116 e. The van der Waals surface area contributed by atoms with Crippen molar-refractivity contribution in [2.24, 2.45) is 0 Å². The summed E-state index contributed by atoms with van der Waals surface area (Å²) >= 11 is 5.09. The predicted octanol–water partition coefficient (Wildman–Crippen LogP) is 3.50. The van der Waals surface area contributed by atoms with E-state index in [1.165, 1.54) is 5.56 Å². The Morgan fingerprint density at radius 2 is 1.89 bits per heavy atom. The molecule has 0 unspecified atom stereocenters. The molecule has 18 heavy (non-hydrogen) atoms. The number of rotatable bonds is 5. The van der Waals surface area contributed by atoms with Gasteiger partial charge in [-0.05, 0) is 58.0 Å². The first kappa shape index (κ1) is 13.5. The molecule has 0 saturated heterocycles. The number of hydrogen-bond donors (Lipinski definition) is 1. The highest BCUT2D eigenvalue weighted by molar-refractivity contribution is 9.10. The molecule has 1 N–H and O–H groups in total. The molecule has 0 fully saturated rings. The van der Waals surface area contributed by atoms with Gasteiger partial charge < -0.3 is 5.32 Å². The van der Waals surface area contributed by atoms with Crippen LogP contribution in [0.4, 0.5) is 0 Å². The van der Waals surface area contributed by atoms with Gasteiger partial charge in [0, 0.05) is 18.9 Å². The number of nitrogens with one attached hydrogen (secondary N) is 1. The summed E-state index contributed by atoms with van der Waals surface area (Å²) in [5.74, 6) is 0. The number of nitrogens with zero attached hydrogens (tertiary/aromatic N) is 2. The van der Waals surface area contributed by atoms with Crippen molar-refractivity contribution in [1.29, 1.82) is 0 Å². The van der Waals surface area contributed by atoms with Gasteiger partial charge in [0.15, 0.2) is 0 Å². The van der Waals surface area contributed by atoms with Gasteiger partial charge >= 0.3 is 0 Å². The summed E-state index contributed by atoms with van der Waals surface area (Å²) in [5, 5.41) is 5.26. The largest absolute Gasteiger partial charge is 0.313 e. The van der Waals surface area contributed by atoms with E-state index in [1.54, 1.807) is 18.0 Å². The summed E-state index contributed by atoms with van der Waals surface area (Å²) in [6.07, 6.45) is 3.61. The van der Waals surface area contributed by atoms with E-state index in [9.17, 15) is 0 Å². The zero-order chi connectivity index (χ0) is 12.8. The first-order valence-electron chi connectivity index (χ1n) is 5.74. The highest BCUT2D eigenvalue weighted by Gasteiger charge is 2.08. The molecule has 0 atom stereocenters. The zero-order valence-electron chi connectivity index (χ0n) is 10.1. The van der Waals surface area contributed by atoms with E-state index in [4.69, 9.17) is 0 Å². The lowest BCUT2D eigenvalue weighted by Gasteiger charge is -2.08. The maximum atomic E-state index is 4.43. The van der Waals surface area contributed by atoms with Gasteiger partial charge in [-0.15, -0.1) is 0 Å². The molecule has 2 aromatic rings. The molecule has 2 rings (SSSR count). The average molecular weight is 324 g/mol. The van der Waals surface area contributed by atoms with Crippen molar-refractivity contribution in [2.75, 3.05) is 6.54 Å². The molecule has 2 heterocycles. The molecule has 0 aliphatic carbocycles. The Bertz CT molecular complexity index is 519. The molecule has 0 aliphatic heterocycles. The van der Waals surface area contributed by atoms with Gasteiger partial charge in [-0.3, -0.25) is 0 Å². The van der Waals surface area contributed by atoms with E-state index < -0.39 is 0 Å². The second kappa shape index (κ2) is 6.87. The van der Waals surface area contributed by atoms with Gasteiger partial charge in [0.05, 0.1) is 4.47 Å². The van der Waals surface area contributed by atoms with Gasteiger partial charge in [-0.25, -0.2) is 9.97 Å². The van der Waals surface area contributed by atoms with E-state index in [1.807, 2.05) is 24.4 Å². The Balaban J connectivity index is 2.21. The number of aromatic nitrogens is 2. The van der Waals surface area contributed by atoms with Gasteiger partial charge in [0.1, 0.15) is 10.1 Å². The first-order chi connectivity index (χ1) is 8.81. The van der Waals surface area contributed by atoms with Crippen LogP contribution in [0.3, 0.4) is 0 Å². The maximum Gasteiger partial charge on any atom is 0.116 e. The van der Waals surface area contributed by atoms with E-state index in [-0.39, 0.29) is 0 Å². The Labute approximate surface area is 120 Å². The van der Waals surface area contributed by atoms with Crippen LogP contribution in [0.5, 0.6) is 0 Å². The molecule has 0 aliphatic rings. The monoisotopic (exact) mass is 323 g/mol. The van der Waals surface area contributed by atoms with Crippen LogP contribution in [0, 0.1) is 0 Å². The lowest BCUT2D eigenvalue weighted by atomic mass is 10.3. The average Bonchev–Trinajstić information content (AvgIpc) is 2.40. The molecule has 0 amide bonds. The van der Waals surface area contributed by atoms with Crippen molar-refractivity contribution in [3.8, 4) is 0 Å². The van der Waals surface area contributed by atoms with E-state index in [0.717, 1.165) is 27.6 Å². The highest BCUT2D eigenvalue weighted by Crippen LogP contribution is 2.31. The molecule has 5 heteroatoms. The van der Waals surface area contributed by atoms with Gasteiger partial charge in [-0.2, -0.15) is 0 Å². The minimum absolute atomic E-state index is 0.830. The predicted molar refractivity (Wildman–Crippen MR) is 77.7 cm³/mol. The van der Waals surface area contributed by atoms with Crippen molar-refractivity contribution in [1.82, 2.24) is 15.3 Å². The summed E-state index contributed by atoms with van der Waals surface area (Å²) in [4.78, 5) is 8.78. The third-order valence-electron chi connectivity index (χ3n) is 2.33. The van der Waals surface area contributed by atoms with Crippen molar-refractivity contribution >= 4 is 27.7 Å². The molecular weight excluding hydrogens is 310 g/mol. The highest BCUT2D eigenvalue weighted by atomic mass is 79.9. The SMILES string of the molecule is CCNCc1cccnc1Sc1ncccc1Br. The summed E-state index contributed by atoms with van der Waals surface area (Å²) in [6, 6.07) is 7.95. The van der Waals surface area contributed by atoms with Crippen LogP contribution in [0.25, 0.3) is 0 Å². The summed E-state index contributed by atoms with van der Waals surface area (Å²) in [6.45, 7) is 3.88. The van der Waals surface area contributed by atoms with Gasteiger partial charge in [-0.1, -0.05) is 13.0 Å². The molecule has 0 radical (unpaired) electrons. The van der Waals surface area contributed by atoms with Crippen molar-refractivity contribution in [2.45, 2.75) is 23.5 Å². The van der Waals surface area contributed by atoms with Crippen LogP contribution in [0.2, 0.25) is 0 Å². The molecule has 0 spiro atoms. The number of pyridine rings is 2. The molecule has 94 valence electrons. The second-order valence-corrected chi connectivity index (χ2v) is 5.47. The Hall–Kier alpha value is -0.910. The lowest BCUT2D eigenvalue weighted by molar-refractivity contribution is 0.711. The standard InChI is InChI=1S/C13H14BrN3S/c1-2-15-9-10-5-3-7-16-12(10)18-13-11(14)6-4-8-17-13/h3-8,15H,2,9H2,1H3. The van der Waals surface area contributed by atoms with Crippen molar-refractivity contribution in [3.63, 3.8) is 0 Å². The molecule has 0 bridgehead atoms. The van der Waals surface area contributed by atoms with Crippen LogP contribution in [0.15, 0.2) is 51.2 Å². The fourth-order valence-corrected chi connectivity index (χ4v) is 2.79. The Morgan fingerprint density at radius 3 is 2.61 bits per heavy atom. The molecule has 2 aromatic heterocycles. The topological polar surface area (TPSA) is 37.8 Å². The molecular formula is C13H14BrN3S. The van der Waals surface area contributed by atoms with Crippen LogP contribution in [0.1, 0.15) is 12.5 Å². The summed E-state index contributed by atoms with van der Waals surface area (Å²) in [5.41, 5.74) is 1.20. The van der Waals surface area contributed by atoms with Gasteiger partial charge in [0.25, 0.3) is 0 Å². The third kappa shape index (κ3) is 3.54. The molecule has 0 saturated carbocycles. The fraction of sp³-hybridized carbons (Fsp3) is 0.231. The van der Waals surface area contributed by atoms with Crippen molar-refractivity contribution < 1.29 is 0 Å². The van der Waals surface area contributed by atoms with E-state index in [0.29, 0.717) is 0 Å². The quantitative estimate of drug-likeness (QED) is 0.913. The second-order valence-electron chi connectivity index (χ2n) is 3.64. The number of halogens is 1. The first-order valence-corrected chi connectivity index (χ1v) is 7.35. The van der Waals surface area contributed by atoms with Crippen LogP contribution in [-0.4, -0.2) is 16.5 Å². The van der Waals surface area contributed by atoms with Crippen LogP contribution >= 0.6 is 27.7 Å². The van der Waals surface area contributed by atoms with E-state index in [2.05, 4.69) is 44.2 Å². The lowest BCUT2D eigenvalue weighted by Crippen LogP contribution is -2.12. The fourth-order valence-electron chi connectivity index (χ4n) is 1.45. The van der Waals surface area contributed by atoms with Crippen LogP contribution < -0.4 is 5.32 Å². The maximum absolute atomic E-state index is 4.43. The summed E-state index contributed by atoms with van der Waals surface area (Å²) in [7, 11) is 0. The minimum atomic E-state index is 0.830. The van der Waals surface area contributed by atoms with Crippen molar-refractivity contribution in [3.05, 3.63) is 46.7 Å². The van der Waals surface area contributed by atoms with Crippen LogP contribution in [-0.2, 0) is 6.54 Å². The van der Waals surface area contributed by atoms with Gasteiger partial charge in [0.2, 0.25) is 0 Å². The molecule has 3 nitrogen and oxygen atoms in total. The Kier molecular flexibility index (Phi) is 5.16. The Morgan fingerprint density at radius 1 is 1.17 bits per heavy atom. The summed E-state index contributed by atoms with van der Waals surface area (Å²) < 4.78 is 0.995. The zero-order valence-corrected chi connectivity index (χ0v) is 12.5. The molecule has 0 aromatic carbocycles.